The second-order valence-corrected chi connectivity index (χ2v) is 8.31. The van der Waals surface area contributed by atoms with Crippen LogP contribution in [0.15, 0.2) is 24.3 Å². The molecule has 0 spiro atoms. The number of nitrogens with zero attached hydrogens (tertiary/aromatic N) is 1. The molecule has 1 aromatic carbocycles. The molecule has 3 amide bonds. The van der Waals surface area contributed by atoms with Gasteiger partial charge in [0, 0.05) is 12.6 Å². The predicted octanol–water partition coefficient (Wildman–Crippen LogP) is 2.26. The lowest BCUT2D eigenvalue weighted by atomic mass is 9.93. The average molecular weight is 421 g/mol. The number of halogens is 1. The topological polar surface area (TPSA) is 90.5 Å². The Morgan fingerprint density at radius 3 is 2.52 bits per heavy atom. The van der Waals surface area contributed by atoms with Gasteiger partial charge in [-0.3, -0.25) is 30.1 Å². The summed E-state index contributed by atoms with van der Waals surface area (Å²) in [6.45, 7) is 1.46. The number of piperidine rings is 1. The van der Waals surface area contributed by atoms with Crippen molar-refractivity contribution in [2.24, 2.45) is 5.92 Å². The van der Waals surface area contributed by atoms with Crippen LogP contribution in [0.5, 0.6) is 0 Å². The summed E-state index contributed by atoms with van der Waals surface area (Å²) in [5.74, 6) is -0.767. The summed E-state index contributed by atoms with van der Waals surface area (Å²) in [7, 11) is 0. The number of benzene rings is 1. The van der Waals surface area contributed by atoms with Gasteiger partial charge >= 0.3 is 0 Å². The van der Waals surface area contributed by atoms with Gasteiger partial charge in [-0.25, -0.2) is 0 Å². The number of likely N-dealkylation sites (tertiary alicyclic amines) is 1. The van der Waals surface area contributed by atoms with Gasteiger partial charge in [0.2, 0.25) is 5.91 Å². The van der Waals surface area contributed by atoms with Crippen LogP contribution in [0.1, 0.15) is 55.3 Å². The Bertz CT molecular complexity index is 736. The van der Waals surface area contributed by atoms with E-state index >= 15 is 0 Å². The van der Waals surface area contributed by atoms with Crippen molar-refractivity contribution in [2.75, 3.05) is 19.6 Å². The highest BCUT2D eigenvalue weighted by molar-refractivity contribution is 6.33. The second-order valence-electron chi connectivity index (χ2n) is 7.90. The summed E-state index contributed by atoms with van der Waals surface area (Å²) in [6.07, 6.45) is 7.47. The third-order valence-corrected chi connectivity index (χ3v) is 5.96. The molecule has 0 aromatic heterocycles. The van der Waals surface area contributed by atoms with Crippen molar-refractivity contribution in [3.8, 4) is 0 Å². The van der Waals surface area contributed by atoms with Crippen LogP contribution in [0.25, 0.3) is 0 Å². The molecule has 8 heteroatoms. The monoisotopic (exact) mass is 420 g/mol. The van der Waals surface area contributed by atoms with E-state index in [-0.39, 0.29) is 24.3 Å². The van der Waals surface area contributed by atoms with Gasteiger partial charge in [-0.15, -0.1) is 0 Å². The molecule has 1 atom stereocenters. The summed E-state index contributed by atoms with van der Waals surface area (Å²) in [6, 6.07) is 6.94. The van der Waals surface area contributed by atoms with Crippen molar-refractivity contribution in [3.05, 3.63) is 34.9 Å². The number of hydrogen-bond acceptors (Lipinski definition) is 4. The zero-order valence-electron chi connectivity index (χ0n) is 16.6. The van der Waals surface area contributed by atoms with Gasteiger partial charge in [-0.1, -0.05) is 43.0 Å². The quantitative estimate of drug-likeness (QED) is 0.637. The fourth-order valence-electron chi connectivity index (χ4n) is 4.06. The highest BCUT2D eigenvalue weighted by atomic mass is 35.5. The Balaban J connectivity index is 1.42. The molecule has 1 saturated carbocycles. The van der Waals surface area contributed by atoms with Crippen molar-refractivity contribution >= 4 is 29.3 Å². The number of hydrogen-bond donors (Lipinski definition) is 3. The highest BCUT2D eigenvalue weighted by Gasteiger charge is 2.28. The van der Waals surface area contributed by atoms with E-state index in [0.29, 0.717) is 23.2 Å². The molecule has 2 fully saturated rings. The highest BCUT2D eigenvalue weighted by Crippen LogP contribution is 2.20. The standard InChI is InChI=1S/C21H29ClN4O3/c22-18-11-5-4-10-17(18)21(29)25-24-19(27)14-26-12-6-7-15(13-26)20(28)23-16-8-2-1-3-9-16/h4-5,10-11,15-16H,1-3,6-9,12-14H2,(H,23,28)(H,24,27)(H,25,29). The number of hydrazine groups is 1. The molecular formula is C21H29ClN4O3. The summed E-state index contributed by atoms with van der Waals surface area (Å²) in [5, 5.41) is 3.51. The first-order valence-corrected chi connectivity index (χ1v) is 10.8. The predicted molar refractivity (Wildman–Crippen MR) is 111 cm³/mol. The minimum absolute atomic E-state index is 0.0869. The van der Waals surface area contributed by atoms with Crippen molar-refractivity contribution in [1.82, 2.24) is 21.1 Å². The lowest BCUT2D eigenvalue weighted by molar-refractivity contribution is -0.129. The first-order valence-electron chi connectivity index (χ1n) is 10.4. The van der Waals surface area contributed by atoms with Crippen molar-refractivity contribution in [2.45, 2.75) is 51.0 Å². The molecule has 2 aliphatic rings. The molecule has 7 nitrogen and oxygen atoms in total. The van der Waals surface area contributed by atoms with E-state index in [1.807, 2.05) is 4.90 Å². The molecule has 1 aromatic rings. The molecule has 0 radical (unpaired) electrons. The number of nitrogens with one attached hydrogen (secondary N) is 3. The third-order valence-electron chi connectivity index (χ3n) is 5.63. The number of carbonyl (C=O) groups is 3. The van der Waals surface area contributed by atoms with Crippen molar-refractivity contribution < 1.29 is 14.4 Å². The van der Waals surface area contributed by atoms with E-state index in [9.17, 15) is 14.4 Å². The summed E-state index contributed by atoms with van der Waals surface area (Å²) < 4.78 is 0. The number of carbonyl (C=O) groups excluding carboxylic acids is 3. The molecule has 1 heterocycles. The molecule has 1 aliphatic heterocycles. The lowest BCUT2D eigenvalue weighted by Gasteiger charge is -2.33. The van der Waals surface area contributed by atoms with Crippen LogP contribution < -0.4 is 16.2 Å². The van der Waals surface area contributed by atoms with Crippen LogP contribution in [0, 0.1) is 5.92 Å². The summed E-state index contributed by atoms with van der Waals surface area (Å²) >= 11 is 5.99. The second kappa shape index (κ2) is 10.6. The Morgan fingerprint density at radius 2 is 1.76 bits per heavy atom. The van der Waals surface area contributed by atoms with Gasteiger partial charge in [0.1, 0.15) is 0 Å². The van der Waals surface area contributed by atoms with E-state index in [4.69, 9.17) is 11.6 Å². The number of rotatable bonds is 5. The maximum atomic E-state index is 12.6. The zero-order chi connectivity index (χ0) is 20.6. The fraction of sp³-hybridized carbons (Fsp3) is 0.571. The van der Waals surface area contributed by atoms with Crippen molar-refractivity contribution in [1.29, 1.82) is 0 Å². The molecule has 0 bridgehead atoms. The Labute approximate surface area is 176 Å². The minimum atomic E-state index is -0.465. The van der Waals surface area contributed by atoms with Crippen LogP contribution >= 0.6 is 11.6 Å². The molecular weight excluding hydrogens is 392 g/mol. The smallest absolute Gasteiger partial charge is 0.271 e. The average Bonchev–Trinajstić information content (AvgIpc) is 2.73. The number of amides is 3. The molecule has 3 N–H and O–H groups in total. The summed E-state index contributed by atoms with van der Waals surface area (Å²) in [4.78, 5) is 38.9. The van der Waals surface area contributed by atoms with Gasteiger partial charge in [0.05, 0.1) is 23.0 Å². The largest absolute Gasteiger partial charge is 0.353 e. The van der Waals surface area contributed by atoms with Crippen LogP contribution in [-0.4, -0.2) is 48.3 Å². The first kappa shape index (κ1) is 21.6. The maximum absolute atomic E-state index is 12.6. The summed E-state index contributed by atoms with van der Waals surface area (Å²) in [5.41, 5.74) is 5.11. The molecule has 158 valence electrons. The Kier molecular flexibility index (Phi) is 7.89. The zero-order valence-corrected chi connectivity index (χ0v) is 17.3. The third kappa shape index (κ3) is 6.44. The maximum Gasteiger partial charge on any atom is 0.271 e. The molecule has 1 saturated heterocycles. The minimum Gasteiger partial charge on any atom is -0.353 e. The molecule has 3 rings (SSSR count). The van der Waals surface area contributed by atoms with E-state index in [1.54, 1.807) is 24.3 Å². The molecule has 1 unspecified atom stereocenters. The van der Waals surface area contributed by atoms with E-state index < -0.39 is 5.91 Å². The normalized spacial score (nSPS) is 20.7. The van der Waals surface area contributed by atoms with Gasteiger partial charge in [-0.2, -0.15) is 0 Å². The van der Waals surface area contributed by atoms with Crippen LogP contribution in [0.2, 0.25) is 5.02 Å². The van der Waals surface area contributed by atoms with E-state index in [1.165, 1.54) is 19.3 Å². The Morgan fingerprint density at radius 1 is 1.00 bits per heavy atom. The van der Waals surface area contributed by atoms with Crippen LogP contribution in [0.3, 0.4) is 0 Å². The Hall–Kier alpha value is -2.12. The van der Waals surface area contributed by atoms with Gasteiger partial charge < -0.3 is 5.32 Å². The SMILES string of the molecule is O=C(CN1CCCC(C(=O)NC2CCCCC2)C1)NNC(=O)c1ccccc1Cl. The van der Waals surface area contributed by atoms with Crippen molar-refractivity contribution in [3.63, 3.8) is 0 Å². The first-order chi connectivity index (χ1) is 14.0. The van der Waals surface area contributed by atoms with Crippen LogP contribution in [-0.2, 0) is 9.59 Å². The van der Waals surface area contributed by atoms with Gasteiger partial charge in [-0.05, 0) is 44.4 Å². The molecule has 1 aliphatic carbocycles. The van der Waals surface area contributed by atoms with Gasteiger partial charge in [0.15, 0.2) is 0 Å². The van der Waals surface area contributed by atoms with Crippen LogP contribution in [0.4, 0.5) is 0 Å². The van der Waals surface area contributed by atoms with E-state index in [0.717, 1.165) is 32.2 Å². The fourth-order valence-corrected chi connectivity index (χ4v) is 4.28. The van der Waals surface area contributed by atoms with E-state index in [2.05, 4.69) is 16.2 Å². The van der Waals surface area contributed by atoms with Gasteiger partial charge in [0.25, 0.3) is 11.8 Å². The molecule has 29 heavy (non-hydrogen) atoms. The lowest BCUT2D eigenvalue weighted by Crippen LogP contribution is -2.50.